The average molecular weight is 507 g/mol. The normalized spacial score (nSPS) is 12.4. The maximum atomic E-state index is 14.9. The van der Waals surface area contributed by atoms with Crippen LogP contribution >= 0.6 is 11.6 Å². The minimum atomic E-state index is -5.10. The molecule has 0 saturated carbocycles. The van der Waals surface area contributed by atoms with Crippen LogP contribution in [-0.2, 0) is 11.3 Å². The molecule has 3 N–H and O–H groups in total. The van der Waals surface area contributed by atoms with Gasteiger partial charge < -0.3 is 10.0 Å². The topological polar surface area (TPSA) is 67.8 Å². The molecule has 0 radical (unpaired) electrons. The molecule has 0 aliphatic rings. The third-order valence-corrected chi connectivity index (χ3v) is 5.10. The molecule has 6 nitrogen and oxygen atoms in total. The van der Waals surface area contributed by atoms with Crippen LogP contribution in [0, 0.1) is 11.6 Å². The van der Waals surface area contributed by atoms with Gasteiger partial charge in [0.05, 0.1) is 10.7 Å². The Morgan fingerprint density at radius 3 is 2.38 bits per heavy atom. The van der Waals surface area contributed by atoms with Crippen LogP contribution in [0.3, 0.4) is 0 Å². The molecule has 1 atom stereocenters. The second-order valence-corrected chi connectivity index (χ2v) is 7.82. The van der Waals surface area contributed by atoms with E-state index in [0.717, 1.165) is 18.6 Å². The summed E-state index contributed by atoms with van der Waals surface area (Å²) in [4.78, 5) is 13.9. The van der Waals surface area contributed by atoms with E-state index >= 15 is 0 Å². The molecule has 34 heavy (non-hydrogen) atoms. The Morgan fingerprint density at radius 1 is 1.15 bits per heavy atom. The van der Waals surface area contributed by atoms with Gasteiger partial charge in [0.2, 0.25) is 0 Å². The van der Waals surface area contributed by atoms with Crippen LogP contribution in [0.25, 0.3) is 5.70 Å². The molecule has 0 aliphatic carbocycles. The number of rotatable bonds is 10. The number of alkyl halides is 3. The average Bonchev–Trinajstić information content (AvgIpc) is 2.77. The van der Waals surface area contributed by atoms with Crippen molar-refractivity contribution in [2.24, 2.45) is 0 Å². The second-order valence-electron chi connectivity index (χ2n) is 7.41. The number of amides is 1. The van der Waals surface area contributed by atoms with Crippen molar-refractivity contribution in [3.8, 4) is 0 Å². The van der Waals surface area contributed by atoms with E-state index in [0.29, 0.717) is 12.2 Å². The molecule has 0 aromatic heterocycles. The summed E-state index contributed by atoms with van der Waals surface area (Å²) in [7, 11) is 1.66. The maximum Gasteiger partial charge on any atom is 0.472 e. The number of hydrogen-bond donors (Lipinski definition) is 3. The van der Waals surface area contributed by atoms with Gasteiger partial charge in [0, 0.05) is 29.9 Å². The molecule has 0 heterocycles. The van der Waals surface area contributed by atoms with Gasteiger partial charge in [-0.05, 0) is 37.7 Å². The molecule has 1 unspecified atom stereocenters. The minimum Gasteiger partial charge on any atom is -0.361 e. The molecule has 0 aliphatic heterocycles. The van der Waals surface area contributed by atoms with Gasteiger partial charge in [-0.25, -0.2) is 8.78 Å². The molecule has 2 rings (SSSR count). The Bertz CT molecular complexity index is 1030. The Kier molecular flexibility index (Phi) is 9.25. The standard InChI is InChI=1S/C22H24ClF5N4O2/c1-4-9-31(3)21(34)32(16-7-8-18(24)17(23)11-16)12-15-6-5-14(10-19(15)25)13(2)29-30-20(33)22(26,27)28/h5-8,10-11,21,29,34H,2,4,9,12H2,1,3H3,(H,30,33). The number of nitrogens with zero attached hydrogens (tertiary/aromatic N) is 2. The quantitative estimate of drug-likeness (QED) is 0.253. The summed E-state index contributed by atoms with van der Waals surface area (Å²) < 4.78 is 65.4. The van der Waals surface area contributed by atoms with E-state index in [2.05, 4.69) is 6.58 Å². The van der Waals surface area contributed by atoms with E-state index in [1.165, 1.54) is 34.6 Å². The SMILES string of the molecule is C=C(NNC(=O)C(F)(F)F)c1ccc(CN(c2ccc(F)c(Cl)c2)C(O)N(C)CCC)c(F)c1. The minimum absolute atomic E-state index is 0.0868. The Labute approximate surface area is 198 Å². The summed E-state index contributed by atoms with van der Waals surface area (Å²) >= 11 is 5.89. The lowest BCUT2D eigenvalue weighted by Gasteiger charge is -2.35. The van der Waals surface area contributed by atoms with Crippen molar-refractivity contribution in [1.29, 1.82) is 0 Å². The monoisotopic (exact) mass is 506 g/mol. The highest BCUT2D eigenvalue weighted by molar-refractivity contribution is 6.31. The van der Waals surface area contributed by atoms with Gasteiger partial charge >= 0.3 is 12.1 Å². The zero-order valence-electron chi connectivity index (χ0n) is 18.4. The van der Waals surface area contributed by atoms with Crippen LogP contribution in [0.15, 0.2) is 43.0 Å². The van der Waals surface area contributed by atoms with Crippen LogP contribution in [0.1, 0.15) is 24.5 Å². The third-order valence-electron chi connectivity index (χ3n) is 4.81. The van der Waals surface area contributed by atoms with Gasteiger partial charge in [-0.3, -0.25) is 20.5 Å². The summed E-state index contributed by atoms with van der Waals surface area (Å²) in [5.74, 6) is -3.63. The van der Waals surface area contributed by atoms with Gasteiger partial charge in [-0.15, -0.1) is 0 Å². The highest BCUT2D eigenvalue weighted by Crippen LogP contribution is 2.27. The summed E-state index contributed by atoms with van der Waals surface area (Å²) in [5, 5.41) is 10.7. The lowest BCUT2D eigenvalue weighted by molar-refractivity contribution is -0.174. The molecule has 0 spiro atoms. The molecule has 0 fully saturated rings. The molecular formula is C22H24ClF5N4O2. The molecule has 0 saturated heterocycles. The van der Waals surface area contributed by atoms with Gasteiger partial charge in [0.1, 0.15) is 11.6 Å². The fourth-order valence-corrected chi connectivity index (χ4v) is 3.17. The van der Waals surface area contributed by atoms with Crippen molar-refractivity contribution in [3.63, 3.8) is 0 Å². The molecule has 2 aromatic carbocycles. The summed E-state index contributed by atoms with van der Waals surface area (Å²) in [6.07, 6.45) is -5.56. The third kappa shape index (κ3) is 7.05. The number of hydrogen-bond acceptors (Lipinski definition) is 5. The van der Waals surface area contributed by atoms with Crippen molar-refractivity contribution in [2.75, 3.05) is 18.5 Å². The molecule has 0 bridgehead atoms. The number of hydrazine groups is 1. The first kappa shape index (κ1) is 27.4. The molecule has 186 valence electrons. The first-order valence-corrected chi connectivity index (χ1v) is 10.4. The van der Waals surface area contributed by atoms with Gasteiger partial charge in [0.25, 0.3) is 0 Å². The number of carbonyl (C=O) groups is 1. The predicted octanol–water partition coefficient (Wildman–Crippen LogP) is 4.40. The first-order chi connectivity index (χ1) is 15.8. The van der Waals surface area contributed by atoms with Crippen LogP contribution < -0.4 is 15.8 Å². The molecule has 12 heteroatoms. The Hall–Kier alpha value is -2.89. The maximum absolute atomic E-state index is 14.9. The first-order valence-electron chi connectivity index (χ1n) is 10.1. The van der Waals surface area contributed by atoms with Crippen molar-refractivity contribution >= 4 is 28.9 Å². The molecular weight excluding hydrogens is 483 g/mol. The Morgan fingerprint density at radius 2 is 1.82 bits per heavy atom. The van der Waals surface area contributed by atoms with E-state index in [4.69, 9.17) is 11.6 Å². The number of carbonyl (C=O) groups excluding carboxylic acids is 1. The number of nitrogens with one attached hydrogen (secondary N) is 2. The molecule has 2 aromatic rings. The lowest BCUT2D eigenvalue weighted by atomic mass is 10.1. The highest BCUT2D eigenvalue weighted by atomic mass is 35.5. The number of aliphatic hydroxyl groups excluding tert-OH is 1. The zero-order valence-corrected chi connectivity index (χ0v) is 19.1. The van der Waals surface area contributed by atoms with Gasteiger partial charge in [0.15, 0.2) is 6.35 Å². The number of halogens is 6. The van der Waals surface area contributed by atoms with Gasteiger partial charge in [-0.1, -0.05) is 37.2 Å². The summed E-state index contributed by atoms with van der Waals surface area (Å²) in [6.45, 7) is 5.77. The van der Waals surface area contributed by atoms with Crippen LogP contribution in [0.5, 0.6) is 0 Å². The fraction of sp³-hybridized carbons (Fsp3) is 0.318. The smallest absolute Gasteiger partial charge is 0.361 e. The van der Waals surface area contributed by atoms with E-state index in [9.17, 15) is 31.9 Å². The Balaban J connectivity index is 2.26. The van der Waals surface area contributed by atoms with Crippen LogP contribution in [0.4, 0.5) is 27.6 Å². The van der Waals surface area contributed by atoms with Gasteiger partial charge in [-0.2, -0.15) is 13.2 Å². The zero-order chi connectivity index (χ0) is 25.6. The van der Waals surface area contributed by atoms with Crippen LogP contribution in [0.2, 0.25) is 5.02 Å². The molecule has 1 amide bonds. The van der Waals surface area contributed by atoms with E-state index in [1.54, 1.807) is 11.9 Å². The van der Waals surface area contributed by atoms with Crippen LogP contribution in [-0.4, -0.2) is 42.0 Å². The highest BCUT2D eigenvalue weighted by Gasteiger charge is 2.38. The number of anilines is 1. The van der Waals surface area contributed by atoms with Crippen molar-refractivity contribution in [3.05, 3.63) is 70.8 Å². The number of benzene rings is 2. The predicted molar refractivity (Wildman–Crippen MR) is 119 cm³/mol. The lowest BCUT2D eigenvalue weighted by Crippen LogP contribution is -2.47. The number of aliphatic hydroxyl groups is 1. The van der Waals surface area contributed by atoms with E-state index in [-0.39, 0.29) is 28.4 Å². The summed E-state index contributed by atoms with van der Waals surface area (Å²) in [6, 6.07) is 7.58. The van der Waals surface area contributed by atoms with Crippen molar-refractivity contribution in [1.82, 2.24) is 15.8 Å². The second kappa shape index (κ2) is 11.5. The summed E-state index contributed by atoms with van der Waals surface area (Å²) in [5.41, 5.74) is 3.80. The van der Waals surface area contributed by atoms with E-state index < -0.39 is 30.1 Å². The van der Waals surface area contributed by atoms with Crippen molar-refractivity contribution in [2.45, 2.75) is 32.4 Å². The van der Waals surface area contributed by atoms with Crippen molar-refractivity contribution < 1.29 is 31.9 Å². The largest absolute Gasteiger partial charge is 0.472 e. The van der Waals surface area contributed by atoms with E-state index in [1.807, 2.05) is 12.3 Å². The fourth-order valence-electron chi connectivity index (χ4n) is 3.00.